The van der Waals surface area contributed by atoms with Gasteiger partial charge in [0.15, 0.2) is 11.5 Å². The molecule has 140 valence electrons. The van der Waals surface area contributed by atoms with Crippen LogP contribution in [-0.4, -0.2) is 23.4 Å². The molecule has 1 aromatic carbocycles. The molecule has 1 atom stereocenters. The van der Waals surface area contributed by atoms with Crippen molar-refractivity contribution in [3.63, 3.8) is 0 Å². The summed E-state index contributed by atoms with van der Waals surface area (Å²) in [5, 5.41) is 16.7. The van der Waals surface area contributed by atoms with Crippen LogP contribution in [0.1, 0.15) is 29.7 Å². The van der Waals surface area contributed by atoms with Crippen molar-refractivity contribution in [1.82, 2.24) is 10.2 Å². The zero-order valence-corrected chi connectivity index (χ0v) is 17.2. The number of ether oxygens (including phenoxy) is 3. The van der Waals surface area contributed by atoms with Gasteiger partial charge in [0, 0.05) is 11.3 Å². The number of nitrogens with two attached hydrogens (primary N) is 1. The molecule has 0 unspecified atom stereocenters. The number of nitriles is 1. The number of aromatic amines is 1. The lowest BCUT2D eigenvalue weighted by Gasteiger charge is -2.25. The van der Waals surface area contributed by atoms with E-state index in [0.717, 1.165) is 20.4 Å². The highest BCUT2D eigenvalue weighted by molar-refractivity contribution is 14.1. The minimum Gasteiger partial charge on any atom is -0.490 e. The van der Waals surface area contributed by atoms with Crippen LogP contribution in [0.25, 0.3) is 0 Å². The summed E-state index contributed by atoms with van der Waals surface area (Å²) in [4.78, 5) is 0. The fraction of sp³-hybridized carbons (Fsp3) is 0.263. The van der Waals surface area contributed by atoms with Gasteiger partial charge >= 0.3 is 0 Å². The summed E-state index contributed by atoms with van der Waals surface area (Å²) in [7, 11) is 0. The van der Waals surface area contributed by atoms with E-state index < -0.39 is 5.92 Å². The first-order valence-corrected chi connectivity index (χ1v) is 9.42. The van der Waals surface area contributed by atoms with Crippen LogP contribution in [0.5, 0.6) is 17.4 Å². The van der Waals surface area contributed by atoms with E-state index in [9.17, 15) is 5.26 Å². The van der Waals surface area contributed by atoms with Gasteiger partial charge in [-0.2, -0.15) is 5.26 Å². The number of nitrogens with one attached hydrogen (secondary N) is 1. The summed E-state index contributed by atoms with van der Waals surface area (Å²) in [5.74, 6) is 1.29. The maximum atomic E-state index is 9.69. The predicted octanol–water partition coefficient (Wildman–Crippen LogP) is 3.50. The molecule has 7 nitrogen and oxygen atoms in total. The summed E-state index contributed by atoms with van der Waals surface area (Å²) in [6.07, 6.45) is 1.68. The molecular formula is C19H19IN4O3. The molecule has 0 aliphatic carbocycles. The Morgan fingerprint density at radius 1 is 1.48 bits per heavy atom. The molecule has 1 aromatic heterocycles. The summed E-state index contributed by atoms with van der Waals surface area (Å²) in [6, 6.07) is 6.01. The molecule has 2 heterocycles. The first-order valence-electron chi connectivity index (χ1n) is 8.34. The maximum absolute atomic E-state index is 9.69. The minimum absolute atomic E-state index is 0.0569. The van der Waals surface area contributed by atoms with Crippen LogP contribution >= 0.6 is 22.6 Å². The van der Waals surface area contributed by atoms with Gasteiger partial charge in [0.25, 0.3) is 0 Å². The van der Waals surface area contributed by atoms with Gasteiger partial charge in [0.1, 0.15) is 18.2 Å². The minimum atomic E-state index is -0.404. The van der Waals surface area contributed by atoms with E-state index in [1.54, 1.807) is 6.08 Å². The van der Waals surface area contributed by atoms with E-state index in [2.05, 4.69) is 45.4 Å². The quantitative estimate of drug-likeness (QED) is 0.487. The van der Waals surface area contributed by atoms with Gasteiger partial charge in [0.2, 0.25) is 11.8 Å². The van der Waals surface area contributed by atoms with Crippen molar-refractivity contribution < 1.29 is 14.2 Å². The first kappa shape index (κ1) is 19.1. The number of hydrogen-bond acceptors (Lipinski definition) is 6. The van der Waals surface area contributed by atoms with E-state index >= 15 is 0 Å². The topological polar surface area (TPSA) is 106 Å². The van der Waals surface area contributed by atoms with Gasteiger partial charge in [0.05, 0.1) is 16.1 Å². The lowest BCUT2D eigenvalue weighted by molar-refractivity contribution is 0.295. The van der Waals surface area contributed by atoms with Gasteiger partial charge in [-0.05, 0) is 54.1 Å². The van der Waals surface area contributed by atoms with Gasteiger partial charge in [-0.15, -0.1) is 5.10 Å². The Morgan fingerprint density at radius 2 is 2.26 bits per heavy atom. The molecule has 0 bridgehead atoms. The van der Waals surface area contributed by atoms with Crippen molar-refractivity contribution in [2.75, 3.05) is 13.2 Å². The fourth-order valence-corrected chi connectivity index (χ4v) is 3.81. The molecule has 1 aliphatic heterocycles. The average Bonchev–Trinajstić information content (AvgIpc) is 3.00. The van der Waals surface area contributed by atoms with E-state index in [1.165, 1.54) is 0 Å². The van der Waals surface area contributed by atoms with Gasteiger partial charge in [-0.1, -0.05) is 12.7 Å². The number of nitrogens with zero attached hydrogens (tertiary/aromatic N) is 2. The number of H-pyrrole nitrogens is 1. The SMILES string of the molecule is C=CCOc1c(I)cc([C@H]2C(C#N)=C(N)Oc3n[nH]c(C)c32)cc1OCC. The molecule has 0 radical (unpaired) electrons. The number of aryl methyl sites for hydroxylation is 1. The van der Waals surface area contributed by atoms with Crippen LogP contribution in [0.3, 0.4) is 0 Å². The van der Waals surface area contributed by atoms with Crippen LogP contribution in [0.15, 0.2) is 36.2 Å². The summed E-state index contributed by atoms with van der Waals surface area (Å²) in [5.41, 5.74) is 8.78. The Kier molecular flexibility index (Phi) is 5.60. The van der Waals surface area contributed by atoms with Crippen molar-refractivity contribution in [3.05, 3.63) is 56.6 Å². The van der Waals surface area contributed by atoms with Crippen LogP contribution in [0, 0.1) is 21.8 Å². The summed E-state index contributed by atoms with van der Waals surface area (Å²) < 4.78 is 17.9. The van der Waals surface area contributed by atoms with Crippen molar-refractivity contribution in [2.24, 2.45) is 5.73 Å². The molecule has 3 N–H and O–H groups in total. The van der Waals surface area contributed by atoms with E-state index in [1.807, 2.05) is 26.0 Å². The third-order valence-corrected chi connectivity index (χ3v) is 4.94. The van der Waals surface area contributed by atoms with Crippen molar-refractivity contribution in [3.8, 4) is 23.4 Å². The van der Waals surface area contributed by atoms with Crippen LogP contribution in [-0.2, 0) is 0 Å². The van der Waals surface area contributed by atoms with Gasteiger partial charge < -0.3 is 19.9 Å². The number of aromatic nitrogens is 2. The fourth-order valence-electron chi connectivity index (χ4n) is 3.03. The van der Waals surface area contributed by atoms with Crippen LogP contribution in [0.2, 0.25) is 0 Å². The van der Waals surface area contributed by atoms with E-state index in [4.69, 9.17) is 19.9 Å². The van der Waals surface area contributed by atoms with Gasteiger partial charge in [-0.3, -0.25) is 5.10 Å². The van der Waals surface area contributed by atoms with Crippen molar-refractivity contribution in [1.29, 1.82) is 5.26 Å². The number of allylic oxidation sites excluding steroid dienone is 1. The predicted molar refractivity (Wildman–Crippen MR) is 109 cm³/mol. The number of rotatable bonds is 6. The molecule has 27 heavy (non-hydrogen) atoms. The van der Waals surface area contributed by atoms with E-state index in [-0.39, 0.29) is 5.88 Å². The Bertz CT molecular complexity index is 959. The normalized spacial score (nSPS) is 15.6. The van der Waals surface area contributed by atoms with E-state index in [0.29, 0.717) is 36.2 Å². The molecule has 2 aromatic rings. The summed E-state index contributed by atoms with van der Waals surface area (Å²) >= 11 is 2.19. The number of halogens is 1. The lowest BCUT2D eigenvalue weighted by Crippen LogP contribution is -2.21. The monoisotopic (exact) mass is 478 g/mol. The number of benzene rings is 1. The molecule has 0 fully saturated rings. The zero-order chi connectivity index (χ0) is 19.6. The second-order valence-corrected chi connectivity index (χ2v) is 7.02. The molecule has 8 heteroatoms. The van der Waals surface area contributed by atoms with Crippen molar-refractivity contribution >= 4 is 22.6 Å². The Balaban J connectivity index is 2.19. The second kappa shape index (κ2) is 7.92. The molecule has 0 saturated heterocycles. The standard InChI is InChI=1S/C19H19IN4O3/c1-4-6-26-17-13(20)7-11(8-14(17)25-5-2)16-12(9-21)18(22)27-19-15(16)10(3)23-24-19/h4,7-8,16H,1,5-6,22H2,2-3H3,(H,23,24)/t16-/m0/s1. The third kappa shape index (κ3) is 3.47. The Hall–Kier alpha value is -2.67. The first-order chi connectivity index (χ1) is 13.0. The van der Waals surface area contributed by atoms with Crippen LogP contribution < -0.4 is 19.9 Å². The Labute approximate surface area is 170 Å². The lowest BCUT2D eigenvalue weighted by atomic mass is 9.84. The van der Waals surface area contributed by atoms with Crippen molar-refractivity contribution in [2.45, 2.75) is 19.8 Å². The largest absolute Gasteiger partial charge is 0.490 e. The highest BCUT2D eigenvalue weighted by atomic mass is 127. The Morgan fingerprint density at radius 3 is 2.93 bits per heavy atom. The maximum Gasteiger partial charge on any atom is 0.244 e. The van der Waals surface area contributed by atoms with Gasteiger partial charge in [-0.25, -0.2) is 0 Å². The number of hydrogen-bond donors (Lipinski definition) is 2. The zero-order valence-electron chi connectivity index (χ0n) is 15.0. The molecular weight excluding hydrogens is 459 g/mol. The average molecular weight is 478 g/mol. The number of fused-ring (bicyclic) bond motifs is 1. The molecule has 3 rings (SSSR count). The molecule has 1 aliphatic rings. The smallest absolute Gasteiger partial charge is 0.244 e. The third-order valence-electron chi connectivity index (χ3n) is 4.14. The molecule has 0 amide bonds. The highest BCUT2D eigenvalue weighted by Gasteiger charge is 2.35. The molecule has 0 saturated carbocycles. The second-order valence-electron chi connectivity index (χ2n) is 5.85. The molecule has 0 spiro atoms. The highest BCUT2D eigenvalue weighted by Crippen LogP contribution is 2.45. The summed E-state index contributed by atoms with van der Waals surface area (Å²) in [6.45, 7) is 8.32. The van der Waals surface area contributed by atoms with Crippen LogP contribution in [0.4, 0.5) is 0 Å².